The maximum atomic E-state index is 6.83. The normalized spacial score (nSPS) is 12.5. The zero-order valence-electron chi connectivity index (χ0n) is 34.9. The third-order valence-corrected chi connectivity index (χ3v) is 12.3. The van der Waals surface area contributed by atoms with E-state index >= 15 is 0 Å². The van der Waals surface area contributed by atoms with Crippen LogP contribution >= 0.6 is 0 Å². The Kier molecular flexibility index (Phi) is 8.94. The van der Waals surface area contributed by atoms with E-state index in [4.69, 9.17) is 19.4 Å². The fourth-order valence-corrected chi connectivity index (χ4v) is 9.29. The number of para-hydroxylation sites is 1. The number of aromatic nitrogens is 6. The molecule has 7 heterocycles. The van der Waals surface area contributed by atoms with E-state index in [1.165, 1.54) is 5.56 Å². The van der Waals surface area contributed by atoms with Crippen LogP contribution in [0, 0.1) is 12.3 Å². The summed E-state index contributed by atoms with van der Waals surface area (Å²) < 4.78 is 11.5. The molecule has 0 saturated carbocycles. The lowest BCUT2D eigenvalue weighted by Crippen LogP contribution is -2.00. The molecule has 7 heteroatoms. The molecule has 12 rings (SSSR count). The van der Waals surface area contributed by atoms with E-state index in [0.717, 1.165) is 112 Å². The highest BCUT2D eigenvalue weighted by atomic mass is 16.3. The van der Waals surface area contributed by atoms with E-state index in [-0.39, 0.29) is 5.92 Å². The SMILES string of the molecule is CC(/C=C\C=C/Cc1ccc#cn1)c1ccc2c(c1)c1ncccc1n2-c1cc(-n2c3ccc(-c4ccccc4-c4ccccn4)cc3c3ncccc32)cc2c1oc1ccccc12. The van der Waals surface area contributed by atoms with Gasteiger partial charge in [0.05, 0.1) is 50.2 Å². The molecule has 1 unspecified atom stereocenters. The summed E-state index contributed by atoms with van der Waals surface area (Å²) in [6.07, 6.45) is 17.7. The third-order valence-electron chi connectivity index (χ3n) is 12.3. The number of hydrogen-bond acceptors (Lipinski definition) is 5. The number of rotatable bonds is 9. The minimum Gasteiger partial charge on any atom is -0.454 e. The summed E-state index contributed by atoms with van der Waals surface area (Å²) in [5.41, 5.74) is 16.0. The van der Waals surface area contributed by atoms with Gasteiger partial charge >= 0.3 is 0 Å². The molecule has 7 nitrogen and oxygen atoms in total. The van der Waals surface area contributed by atoms with Gasteiger partial charge in [0.2, 0.25) is 0 Å². The molecule has 0 fully saturated rings. The number of pyridine rings is 3. The van der Waals surface area contributed by atoms with Crippen molar-refractivity contribution in [3.63, 3.8) is 0 Å². The van der Waals surface area contributed by atoms with Gasteiger partial charge in [0.1, 0.15) is 5.58 Å². The lowest BCUT2D eigenvalue weighted by atomic mass is 9.96. The molecule has 7 aromatic heterocycles. The van der Waals surface area contributed by atoms with Crippen molar-refractivity contribution in [3.05, 3.63) is 218 Å². The average Bonchev–Trinajstić information content (AvgIpc) is 4.01. The molecule has 5 aromatic carbocycles. The molecule has 302 valence electrons. The van der Waals surface area contributed by atoms with Gasteiger partial charge in [0.25, 0.3) is 0 Å². The molecular formula is C57H38N6O. The van der Waals surface area contributed by atoms with Gasteiger partial charge < -0.3 is 13.6 Å². The largest absolute Gasteiger partial charge is 0.454 e. The summed E-state index contributed by atoms with van der Waals surface area (Å²) in [5, 5.41) is 4.24. The van der Waals surface area contributed by atoms with Crippen LogP contribution in [0.3, 0.4) is 0 Å². The van der Waals surface area contributed by atoms with Crippen LogP contribution < -0.4 is 0 Å². The summed E-state index contributed by atoms with van der Waals surface area (Å²) in [7, 11) is 0. The molecule has 0 radical (unpaired) electrons. The molecule has 0 aliphatic rings. The smallest absolute Gasteiger partial charge is 0.159 e. The van der Waals surface area contributed by atoms with Gasteiger partial charge in [0.15, 0.2) is 5.58 Å². The Morgan fingerprint density at radius 2 is 1.36 bits per heavy atom. The molecular weight excluding hydrogens is 785 g/mol. The molecule has 0 aliphatic heterocycles. The molecule has 0 spiro atoms. The topological polar surface area (TPSA) is 74.6 Å². The van der Waals surface area contributed by atoms with Gasteiger partial charge in [0, 0.05) is 64.0 Å². The van der Waals surface area contributed by atoms with Gasteiger partial charge in [-0.3, -0.25) is 15.0 Å². The van der Waals surface area contributed by atoms with Gasteiger partial charge in [-0.25, -0.2) is 4.98 Å². The minimum atomic E-state index is 0.173. The van der Waals surface area contributed by atoms with Crippen molar-refractivity contribution < 1.29 is 4.42 Å². The van der Waals surface area contributed by atoms with Gasteiger partial charge in [-0.05, 0) is 120 Å². The van der Waals surface area contributed by atoms with Crippen LogP contribution in [-0.2, 0) is 6.42 Å². The molecule has 0 saturated heterocycles. The zero-order chi connectivity index (χ0) is 42.6. The predicted molar refractivity (Wildman–Crippen MR) is 259 cm³/mol. The summed E-state index contributed by atoms with van der Waals surface area (Å²) >= 11 is 0. The van der Waals surface area contributed by atoms with Crippen LogP contribution in [0.5, 0.6) is 0 Å². The second kappa shape index (κ2) is 15.4. The van der Waals surface area contributed by atoms with E-state index in [1.54, 1.807) is 0 Å². The van der Waals surface area contributed by atoms with Crippen molar-refractivity contribution in [3.8, 4) is 33.8 Å². The summed E-state index contributed by atoms with van der Waals surface area (Å²) in [4.78, 5) is 19.0. The second-order valence-electron chi connectivity index (χ2n) is 16.1. The Morgan fingerprint density at radius 1 is 0.609 bits per heavy atom. The molecule has 1 atom stereocenters. The predicted octanol–water partition coefficient (Wildman–Crippen LogP) is 13.8. The first kappa shape index (κ1) is 37.2. The first-order chi connectivity index (χ1) is 31.7. The molecule has 0 aliphatic carbocycles. The average molecular weight is 823 g/mol. The lowest BCUT2D eigenvalue weighted by molar-refractivity contribution is 0.666. The number of furan rings is 1. The first-order valence-corrected chi connectivity index (χ1v) is 21.5. The van der Waals surface area contributed by atoms with Crippen molar-refractivity contribution >= 4 is 65.8 Å². The minimum absolute atomic E-state index is 0.173. The van der Waals surface area contributed by atoms with Crippen LogP contribution in [0.2, 0.25) is 0 Å². The first-order valence-electron chi connectivity index (χ1n) is 21.5. The zero-order valence-corrected chi connectivity index (χ0v) is 34.9. The van der Waals surface area contributed by atoms with Crippen LogP contribution in [0.15, 0.2) is 199 Å². The number of hydrogen-bond donors (Lipinski definition) is 0. The van der Waals surface area contributed by atoms with Crippen LogP contribution in [0.1, 0.15) is 24.1 Å². The molecule has 0 N–H and O–H groups in total. The fraction of sp³-hybridized carbons (Fsp3) is 0.0526. The van der Waals surface area contributed by atoms with Crippen LogP contribution in [0.4, 0.5) is 0 Å². The van der Waals surface area contributed by atoms with E-state index in [0.29, 0.717) is 0 Å². The summed E-state index contributed by atoms with van der Waals surface area (Å²) in [6.45, 7) is 2.23. The van der Waals surface area contributed by atoms with E-state index < -0.39 is 0 Å². The molecule has 0 bridgehead atoms. The quantitative estimate of drug-likeness (QED) is 0.136. The van der Waals surface area contributed by atoms with E-state index in [1.807, 2.05) is 67.1 Å². The Bertz CT molecular complexity index is 3780. The van der Waals surface area contributed by atoms with Crippen molar-refractivity contribution in [2.45, 2.75) is 19.3 Å². The molecule has 64 heavy (non-hydrogen) atoms. The number of fused-ring (bicyclic) bond motifs is 9. The van der Waals surface area contributed by atoms with Crippen molar-refractivity contribution in [2.24, 2.45) is 0 Å². The Hall–Kier alpha value is -8.60. The van der Waals surface area contributed by atoms with E-state index in [9.17, 15) is 0 Å². The highest BCUT2D eigenvalue weighted by Gasteiger charge is 2.23. The van der Waals surface area contributed by atoms with Crippen LogP contribution in [0.25, 0.3) is 99.6 Å². The summed E-state index contributed by atoms with van der Waals surface area (Å²) in [6, 6.07) is 55.9. The summed E-state index contributed by atoms with van der Waals surface area (Å²) in [5.74, 6) is 0.173. The Labute approximate surface area is 368 Å². The van der Waals surface area contributed by atoms with Crippen molar-refractivity contribution in [1.82, 2.24) is 29.1 Å². The molecule has 0 amide bonds. The van der Waals surface area contributed by atoms with Gasteiger partial charge in [-0.2, -0.15) is 0 Å². The highest BCUT2D eigenvalue weighted by Crippen LogP contribution is 2.42. The Balaban J connectivity index is 1.03. The number of allylic oxidation sites excluding steroid dienone is 4. The standard InChI is InChI=1S/C57H38N6O/c1-37(15-3-2-4-16-40-17-9-11-29-58-40)38-25-27-50-46(33-38)56-52(23-14-32-61-56)63(50)53-36-41(35-45-44-20-7-8-24-54(44)64-57(45)53)62-49-28-26-39(34-47(49)55-51(62)22-13-31-60-55)42-18-5-6-19-43(42)48-21-10-12-30-59-48/h2-10,12-15,17-28,30-37H,16H2,1H3/b4-2-,15-3-. The highest BCUT2D eigenvalue weighted by molar-refractivity contribution is 6.14. The second-order valence-corrected chi connectivity index (χ2v) is 16.1. The lowest BCUT2D eigenvalue weighted by Gasteiger charge is -2.14. The van der Waals surface area contributed by atoms with E-state index in [2.05, 4.69) is 161 Å². The maximum absolute atomic E-state index is 6.83. The molecule has 12 aromatic rings. The fourth-order valence-electron chi connectivity index (χ4n) is 9.29. The Morgan fingerprint density at radius 3 is 2.19 bits per heavy atom. The number of benzene rings is 5. The van der Waals surface area contributed by atoms with Crippen LogP contribution in [-0.4, -0.2) is 29.1 Å². The van der Waals surface area contributed by atoms with Crippen molar-refractivity contribution in [2.75, 3.05) is 0 Å². The maximum Gasteiger partial charge on any atom is 0.159 e. The van der Waals surface area contributed by atoms with Gasteiger partial charge in [-0.1, -0.05) is 91.9 Å². The van der Waals surface area contributed by atoms with Gasteiger partial charge in [-0.15, -0.1) is 0 Å². The number of nitrogens with zero attached hydrogens (tertiary/aromatic N) is 6. The van der Waals surface area contributed by atoms with Crippen molar-refractivity contribution in [1.29, 1.82) is 0 Å². The third kappa shape index (κ3) is 6.23. The monoisotopic (exact) mass is 822 g/mol.